The van der Waals surface area contributed by atoms with E-state index in [0.29, 0.717) is 13.1 Å². The van der Waals surface area contributed by atoms with Crippen LogP contribution in [0.3, 0.4) is 0 Å². The summed E-state index contributed by atoms with van der Waals surface area (Å²) in [5, 5.41) is 14.8. The molecule has 0 bridgehead atoms. The zero-order valence-electron chi connectivity index (χ0n) is 19.4. The average Bonchev–Trinajstić information content (AvgIpc) is 3.43. The minimum atomic E-state index is -0.930. The molecule has 35 heavy (non-hydrogen) atoms. The molecule has 0 radical (unpaired) electrons. The number of hydrogen-bond acceptors (Lipinski definition) is 9. The molecule has 0 unspecified atom stereocenters. The summed E-state index contributed by atoms with van der Waals surface area (Å²) >= 11 is 0.770. The molecule has 10 nitrogen and oxygen atoms in total. The molecular weight excluding hydrogens is 486 g/mol. The minimum absolute atomic E-state index is 0.0713. The first-order chi connectivity index (χ1) is 16.8. The van der Waals surface area contributed by atoms with Crippen LogP contribution in [0.4, 0.5) is 18.6 Å². The molecule has 0 spiro atoms. The van der Waals surface area contributed by atoms with Crippen LogP contribution in [0.15, 0.2) is 12.1 Å². The lowest BCUT2D eigenvalue weighted by molar-refractivity contribution is 0.0596. The normalized spacial score (nSPS) is 15.6. The number of anilines is 1. The number of ether oxygens (including phenoxy) is 3. The Morgan fingerprint density at radius 3 is 2.77 bits per heavy atom. The summed E-state index contributed by atoms with van der Waals surface area (Å²) in [6, 6.07) is 1.63. The van der Waals surface area contributed by atoms with Gasteiger partial charge in [0.05, 0.1) is 25.9 Å². The lowest BCUT2D eigenvalue weighted by Crippen LogP contribution is -2.30. The maximum absolute atomic E-state index is 14.4. The number of aliphatic hydroxyl groups is 1. The van der Waals surface area contributed by atoms with E-state index < -0.39 is 35.8 Å². The van der Waals surface area contributed by atoms with E-state index in [2.05, 4.69) is 19.9 Å². The van der Waals surface area contributed by atoms with Gasteiger partial charge >= 0.3 is 12.0 Å². The molecule has 2 aromatic rings. The third-order valence-electron chi connectivity index (χ3n) is 5.44. The average molecular weight is 515 g/mol. The molecule has 3 rings (SSSR count). The third kappa shape index (κ3) is 6.99. The van der Waals surface area contributed by atoms with Crippen LogP contribution in [0.1, 0.15) is 35.2 Å². The van der Waals surface area contributed by atoms with Gasteiger partial charge in [-0.25, -0.2) is 18.4 Å². The fourth-order valence-electron chi connectivity index (χ4n) is 3.57. The minimum Gasteiger partial charge on any atom is -0.494 e. The Balaban J connectivity index is 1.56. The zero-order chi connectivity index (χ0) is 25.4. The molecule has 0 saturated carbocycles. The van der Waals surface area contributed by atoms with E-state index in [1.54, 1.807) is 0 Å². The first kappa shape index (κ1) is 26.6. The second kappa shape index (κ2) is 12.6. The van der Waals surface area contributed by atoms with E-state index in [9.17, 15) is 23.5 Å². The van der Waals surface area contributed by atoms with Gasteiger partial charge in [-0.2, -0.15) is 4.37 Å². The summed E-state index contributed by atoms with van der Waals surface area (Å²) < 4.78 is 47.5. The first-order valence-corrected chi connectivity index (χ1v) is 11.8. The molecule has 1 atom stereocenters. The number of nitrogens with zero attached hydrogens (tertiary/aromatic N) is 2. The van der Waals surface area contributed by atoms with E-state index in [4.69, 9.17) is 14.2 Å². The van der Waals surface area contributed by atoms with Crippen molar-refractivity contribution < 1.29 is 37.7 Å². The standard InChI is InChI=1S/C22H28F2N4O6S/c1-32-16-6-5-15(23)14(18(16)24)12-34-19-17(21(30)33-2)20(35-27-19)26-22(31)25-8-3-4-9-28-10-7-13(29)11-28/h5-6,13,29H,3-4,7-12H2,1-2H3,(H2,25,26,31)/t13-/m1/s1. The molecule has 1 aliphatic heterocycles. The van der Waals surface area contributed by atoms with Crippen molar-refractivity contribution in [3.05, 3.63) is 34.9 Å². The molecule has 13 heteroatoms. The predicted octanol–water partition coefficient (Wildman–Crippen LogP) is 2.76. The van der Waals surface area contributed by atoms with Gasteiger partial charge in [-0.1, -0.05) is 0 Å². The number of rotatable bonds is 11. The van der Waals surface area contributed by atoms with E-state index in [-0.39, 0.29) is 28.3 Å². The maximum atomic E-state index is 14.4. The Bertz CT molecular complexity index is 1040. The molecule has 192 valence electrons. The predicted molar refractivity (Wildman–Crippen MR) is 124 cm³/mol. The first-order valence-electron chi connectivity index (χ1n) is 11.0. The summed E-state index contributed by atoms with van der Waals surface area (Å²) in [4.78, 5) is 26.8. The highest BCUT2D eigenvalue weighted by molar-refractivity contribution is 7.11. The van der Waals surface area contributed by atoms with Gasteiger partial charge in [0.25, 0.3) is 0 Å². The molecule has 1 aromatic carbocycles. The topological polar surface area (TPSA) is 122 Å². The quantitative estimate of drug-likeness (QED) is 0.309. The van der Waals surface area contributed by atoms with Gasteiger partial charge in [-0.05, 0) is 49.5 Å². The van der Waals surface area contributed by atoms with Crippen LogP contribution in [0.2, 0.25) is 0 Å². The SMILES string of the molecule is COC(=O)c1c(OCc2c(F)ccc(OC)c2F)nsc1NC(=O)NCCCCN1CC[C@@H](O)C1. The smallest absolute Gasteiger partial charge is 0.346 e. The van der Waals surface area contributed by atoms with Crippen molar-refractivity contribution in [1.82, 2.24) is 14.6 Å². The number of nitrogens with one attached hydrogen (secondary N) is 2. The Kier molecular flexibility index (Phi) is 9.57. The van der Waals surface area contributed by atoms with Gasteiger partial charge < -0.3 is 29.5 Å². The highest BCUT2D eigenvalue weighted by atomic mass is 32.1. The fourth-order valence-corrected chi connectivity index (χ4v) is 4.29. The van der Waals surface area contributed by atoms with Crippen molar-refractivity contribution in [3.63, 3.8) is 0 Å². The lowest BCUT2D eigenvalue weighted by Gasteiger charge is -2.14. The number of methoxy groups -OCH3 is 2. The molecule has 2 heterocycles. The number of halogens is 2. The van der Waals surface area contributed by atoms with Crippen LogP contribution >= 0.6 is 11.5 Å². The van der Waals surface area contributed by atoms with Crippen LogP contribution in [0, 0.1) is 11.6 Å². The second-order valence-corrected chi connectivity index (χ2v) is 8.62. The van der Waals surface area contributed by atoms with E-state index >= 15 is 0 Å². The van der Waals surface area contributed by atoms with E-state index in [0.717, 1.165) is 63.1 Å². The van der Waals surface area contributed by atoms with E-state index in [1.165, 1.54) is 7.11 Å². The van der Waals surface area contributed by atoms with Crippen molar-refractivity contribution in [2.24, 2.45) is 0 Å². The number of carbonyl (C=O) groups is 2. The monoisotopic (exact) mass is 514 g/mol. The Morgan fingerprint density at radius 2 is 2.09 bits per heavy atom. The summed E-state index contributed by atoms with van der Waals surface area (Å²) in [5.74, 6) is -3.00. The molecule has 2 amide bonds. The number of β-amino-alcohol motifs (C(OH)–C–C–N with tert-alkyl or cyclic N) is 1. The van der Waals surface area contributed by atoms with Gasteiger partial charge in [0.2, 0.25) is 5.88 Å². The number of carbonyl (C=O) groups excluding carboxylic acids is 2. The second-order valence-electron chi connectivity index (χ2n) is 7.85. The van der Waals surface area contributed by atoms with Gasteiger partial charge in [0.1, 0.15) is 17.4 Å². The molecule has 1 fully saturated rings. The van der Waals surface area contributed by atoms with Gasteiger partial charge in [-0.3, -0.25) is 5.32 Å². The van der Waals surface area contributed by atoms with Crippen LogP contribution in [-0.4, -0.2) is 72.9 Å². The number of urea groups is 1. The van der Waals surface area contributed by atoms with E-state index in [1.807, 2.05) is 0 Å². The Labute approximate surface area is 205 Å². The number of benzene rings is 1. The summed E-state index contributed by atoms with van der Waals surface area (Å²) in [5.41, 5.74) is -0.562. The van der Waals surface area contributed by atoms with Crippen LogP contribution in [0.25, 0.3) is 0 Å². The number of aromatic nitrogens is 1. The maximum Gasteiger partial charge on any atom is 0.346 e. The highest BCUT2D eigenvalue weighted by Gasteiger charge is 2.26. The van der Waals surface area contributed by atoms with Crippen molar-refractivity contribution in [2.75, 3.05) is 45.7 Å². The molecule has 1 aromatic heterocycles. The van der Waals surface area contributed by atoms with Crippen LogP contribution in [0.5, 0.6) is 11.6 Å². The zero-order valence-corrected chi connectivity index (χ0v) is 20.3. The van der Waals surface area contributed by atoms with Gasteiger partial charge in [-0.15, -0.1) is 0 Å². The molecule has 1 aliphatic rings. The number of likely N-dealkylation sites (tertiary alicyclic amines) is 1. The molecular formula is C22H28F2N4O6S. The summed E-state index contributed by atoms with van der Waals surface area (Å²) in [7, 11) is 2.40. The number of amides is 2. The number of hydrogen-bond donors (Lipinski definition) is 3. The lowest BCUT2D eigenvalue weighted by atomic mass is 10.2. The van der Waals surface area contributed by atoms with Gasteiger partial charge in [0.15, 0.2) is 17.1 Å². The number of aliphatic hydroxyl groups excluding tert-OH is 1. The van der Waals surface area contributed by atoms with Crippen molar-refractivity contribution in [3.8, 4) is 11.6 Å². The number of unbranched alkanes of at least 4 members (excludes halogenated alkanes) is 1. The van der Waals surface area contributed by atoms with Crippen LogP contribution in [-0.2, 0) is 11.3 Å². The molecule has 0 aliphatic carbocycles. The van der Waals surface area contributed by atoms with Crippen molar-refractivity contribution >= 4 is 28.5 Å². The number of esters is 1. The molecule has 3 N–H and O–H groups in total. The van der Waals surface area contributed by atoms with Crippen molar-refractivity contribution in [1.29, 1.82) is 0 Å². The fraction of sp³-hybridized carbons (Fsp3) is 0.500. The Hall–Kier alpha value is -3.03. The highest BCUT2D eigenvalue weighted by Crippen LogP contribution is 2.32. The third-order valence-corrected chi connectivity index (χ3v) is 6.18. The van der Waals surface area contributed by atoms with Crippen LogP contribution < -0.4 is 20.1 Å². The summed E-state index contributed by atoms with van der Waals surface area (Å²) in [6.45, 7) is 2.24. The molecule has 1 saturated heterocycles. The summed E-state index contributed by atoms with van der Waals surface area (Å²) in [6.07, 6.45) is 2.12. The Morgan fingerprint density at radius 1 is 1.29 bits per heavy atom. The van der Waals surface area contributed by atoms with Gasteiger partial charge in [0, 0.05) is 19.6 Å². The van der Waals surface area contributed by atoms with Crippen molar-refractivity contribution in [2.45, 2.75) is 32.0 Å². The largest absolute Gasteiger partial charge is 0.494 e.